The van der Waals surface area contributed by atoms with Gasteiger partial charge in [0.25, 0.3) is 0 Å². The summed E-state index contributed by atoms with van der Waals surface area (Å²) in [6.45, 7) is 0.618. The summed E-state index contributed by atoms with van der Waals surface area (Å²) >= 11 is 0. The second-order valence-electron chi connectivity index (χ2n) is 6.49. The third-order valence-corrected chi connectivity index (χ3v) is 4.64. The molecule has 0 spiro atoms. The number of pyridine rings is 1. The average Bonchev–Trinajstić information content (AvgIpc) is 3.28. The summed E-state index contributed by atoms with van der Waals surface area (Å²) in [6, 6.07) is 9.09. The summed E-state index contributed by atoms with van der Waals surface area (Å²) in [5.41, 5.74) is 1.54. The number of nitrogens with zero attached hydrogens (tertiary/aromatic N) is 3. The first-order valence-electron chi connectivity index (χ1n) is 8.85. The Kier molecular flexibility index (Phi) is 4.56. The number of carboxylic acid groups (broad SMARTS) is 1. The van der Waals surface area contributed by atoms with Crippen LogP contribution in [-0.2, 0) is 22.6 Å². The van der Waals surface area contributed by atoms with Crippen molar-refractivity contribution in [1.29, 1.82) is 0 Å². The maximum absolute atomic E-state index is 12.3. The zero-order valence-corrected chi connectivity index (χ0v) is 14.9. The van der Waals surface area contributed by atoms with Crippen molar-refractivity contribution in [1.82, 2.24) is 19.5 Å². The second kappa shape index (κ2) is 7.18. The number of rotatable bonds is 6. The second-order valence-corrected chi connectivity index (χ2v) is 6.49. The summed E-state index contributed by atoms with van der Waals surface area (Å²) in [6.07, 6.45) is 2.24. The smallest absolute Gasteiger partial charge is 0.350 e. The van der Waals surface area contributed by atoms with Crippen LogP contribution in [0.3, 0.4) is 0 Å². The van der Waals surface area contributed by atoms with Crippen LogP contribution in [-0.4, -0.2) is 37.8 Å². The third-order valence-electron chi connectivity index (χ3n) is 4.64. The first kappa shape index (κ1) is 17.8. The number of aryl methyl sites for hydroxylation is 1. The monoisotopic (exact) mass is 382 g/mol. The first-order chi connectivity index (χ1) is 13.5. The van der Waals surface area contributed by atoms with Crippen molar-refractivity contribution in [2.24, 2.45) is 0 Å². The topological polar surface area (TPSA) is 115 Å². The minimum Gasteiger partial charge on any atom is -0.493 e. The molecular weight excluding hydrogens is 364 g/mol. The van der Waals surface area contributed by atoms with E-state index in [0.29, 0.717) is 24.2 Å². The van der Waals surface area contributed by atoms with Gasteiger partial charge in [-0.15, -0.1) is 5.10 Å². The molecule has 28 heavy (non-hydrogen) atoms. The van der Waals surface area contributed by atoms with E-state index in [0.717, 1.165) is 11.3 Å². The highest BCUT2D eigenvalue weighted by Gasteiger charge is 2.24. The average molecular weight is 382 g/mol. The summed E-state index contributed by atoms with van der Waals surface area (Å²) in [5, 5.41) is 16.2. The molecule has 1 atom stereocenters. The SMILES string of the molecule is O=C(CCn1nc2ccccn2c1=O)NC(C(=O)O)c1ccc2c(c1)CCO2. The van der Waals surface area contributed by atoms with Crippen molar-refractivity contribution < 1.29 is 19.4 Å². The van der Waals surface area contributed by atoms with Crippen molar-refractivity contribution in [3.05, 3.63) is 64.2 Å². The normalized spacial score (nSPS) is 13.7. The number of hydrogen-bond donors (Lipinski definition) is 2. The Morgan fingerprint density at radius 3 is 2.93 bits per heavy atom. The number of aliphatic carboxylic acids is 1. The number of nitrogens with one attached hydrogen (secondary N) is 1. The van der Waals surface area contributed by atoms with Crippen LogP contribution >= 0.6 is 0 Å². The number of fused-ring (bicyclic) bond motifs is 2. The third kappa shape index (κ3) is 3.34. The van der Waals surface area contributed by atoms with Gasteiger partial charge in [-0.3, -0.25) is 9.20 Å². The largest absolute Gasteiger partial charge is 0.493 e. The number of hydrogen-bond acceptors (Lipinski definition) is 5. The van der Waals surface area contributed by atoms with Gasteiger partial charge in [0.2, 0.25) is 5.91 Å². The molecule has 0 aliphatic carbocycles. The Morgan fingerprint density at radius 1 is 1.29 bits per heavy atom. The van der Waals surface area contributed by atoms with Crippen LogP contribution in [0.4, 0.5) is 0 Å². The Bertz CT molecular complexity index is 1120. The number of aromatic nitrogens is 3. The number of carbonyl (C=O) groups is 2. The highest BCUT2D eigenvalue weighted by atomic mass is 16.5. The lowest BCUT2D eigenvalue weighted by atomic mass is 10.0. The van der Waals surface area contributed by atoms with Crippen LogP contribution in [0.25, 0.3) is 5.65 Å². The Hall–Kier alpha value is -3.62. The minimum absolute atomic E-state index is 0.0523. The van der Waals surface area contributed by atoms with Gasteiger partial charge in [0.15, 0.2) is 11.7 Å². The van der Waals surface area contributed by atoms with Gasteiger partial charge in [-0.2, -0.15) is 0 Å². The van der Waals surface area contributed by atoms with Crippen LogP contribution < -0.4 is 15.7 Å². The quantitative estimate of drug-likeness (QED) is 0.651. The van der Waals surface area contributed by atoms with Crippen molar-refractivity contribution in [2.75, 3.05) is 6.61 Å². The van der Waals surface area contributed by atoms with E-state index in [4.69, 9.17) is 4.74 Å². The Morgan fingerprint density at radius 2 is 2.14 bits per heavy atom. The number of amides is 1. The van der Waals surface area contributed by atoms with E-state index in [1.807, 2.05) is 0 Å². The summed E-state index contributed by atoms with van der Waals surface area (Å²) in [7, 11) is 0. The fraction of sp³-hybridized carbons (Fsp3) is 0.263. The standard InChI is InChI=1S/C19H18N4O5/c24-16(6-9-23-19(27)22-8-2-1-3-15(22)21-23)20-17(18(25)26)13-4-5-14-12(11-13)7-10-28-14/h1-5,8,11,17H,6-7,9-10H2,(H,20,24)(H,25,26). The van der Waals surface area contributed by atoms with Gasteiger partial charge in [0.05, 0.1) is 13.2 Å². The molecule has 0 fully saturated rings. The fourth-order valence-corrected chi connectivity index (χ4v) is 3.23. The zero-order chi connectivity index (χ0) is 19.7. The molecular formula is C19H18N4O5. The van der Waals surface area contributed by atoms with Crippen LogP contribution in [0, 0.1) is 0 Å². The van der Waals surface area contributed by atoms with E-state index in [2.05, 4.69) is 10.4 Å². The van der Waals surface area contributed by atoms with E-state index < -0.39 is 17.9 Å². The molecule has 0 saturated heterocycles. The molecule has 2 N–H and O–H groups in total. The van der Waals surface area contributed by atoms with Gasteiger partial charge in [0.1, 0.15) is 5.75 Å². The van der Waals surface area contributed by atoms with Gasteiger partial charge in [-0.1, -0.05) is 12.1 Å². The molecule has 1 unspecified atom stereocenters. The summed E-state index contributed by atoms with van der Waals surface area (Å²) < 4.78 is 7.99. The van der Waals surface area contributed by atoms with Gasteiger partial charge >= 0.3 is 11.7 Å². The van der Waals surface area contributed by atoms with Crippen LogP contribution in [0.15, 0.2) is 47.4 Å². The molecule has 144 valence electrons. The minimum atomic E-state index is -1.17. The predicted octanol–water partition coefficient (Wildman–Crippen LogP) is 0.763. The molecule has 1 aliphatic heterocycles. The molecule has 0 saturated carbocycles. The van der Waals surface area contributed by atoms with Gasteiger partial charge in [-0.05, 0) is 35.4 Å². The molecule has 0 bridgehead atoms. The Labute approximate surface area is 159 Å². The van der Waals surface area contributed by atoms with Crippen LogP contribution in [0.5, 0.6) is 5.75 Å². The molecule has 3 heterocycles. The first-order valence-corrected chi connectivity index (χ1v) is 8.85. The Balaban J connectivity index is 1.45. The van der Waals surface area contributed by atoms with Crippen molar-refractivity contribution >= 4 is 17.5 Å². The predicted molar refractivity (Wildman–Crippen MR) is 98.2 cm³/mol. The zero-order valence-electron chi connectivity index (χ0n) is 14.9. The van der Waals surface area contributed by atoms with E-state index in [-0.39, 0.29) is 18.7 Å². The van der Waals surface area contributed by atoms with Crippen molar-refractivity contribution in [3.63, 3.8) is 0 Å². The van der Waals surface area contributed by atoms with Crippen LogP contribution in [0.2, 0.25) is 0 Å². The molecule has 9 heteroatoms. The number of carboxylic acids is 1. The molecule has 0 radical (unpaired) electrons. The highest BCUT2D eigenvalue weighted by Crippen LogP contribution is 2.28. The van der Waals surface area contributed by atoms with E-state index in [1.165, 1.54) is 9.08 Å². The molecule has 1 amide bonds. The van der Waals surface area contributed by atoms with Crippen molar-refractivity contribution in [3.8, 4) is 5.75 Å². The maximum Gasteiger partial charge on any atom is 0.350 e. The highest BCUT2D eigenvalue weighted by molar-refractivity contribution is 5.84. The van der Waals surface area contributed by atoms with Crippen molar-refractivity contribution in [2.45, 2.75) is 25.4 Å². The molecule has 9 nitrogen and oxygen atoms in total. The van der Waals surface area contributed by atoms with Crippen LogP contribution in [0.1, 0.15) is 23.6 Å². The molecule has 4 rings (SSSR count). The lowest BCUT2D eigenvalue weighted by molar-refractivity contribution is -0.142. The maximum atomic E-state index is 12.3. The summed E-state index contributed by atoms with van der Waals surface area (Å²) in [4.78, 5) is 36.2. The van der Waals surface area contributed by atoms with E-state index in [1.54, 1.807) is 42.6 Å². The fourth-order valence-electron chi connectivity index (χ4n) is 3.23. The van der Waals surface area contributed by atoms with E-state index >= 15 is 0 Å². The number of benzene rings is 1. The lowest BCUT2D eigenvalue weighted by Crippen LogP contribution is -2.35. The van der Waals surface area contributed by atoms with E-state index in [9.17, 15) is 19.5 Å². The molecule has 1 aromatic carbocycles. The van der Waals surface area contributed by atoms with Gasteiger partial charge in [-0.25, -0.2) is 14.3 Å². The van der Waals surface area contributed by atoms with Gasteiger partial charge in [0, 0.05) is 19.0 Å². The molecule has 3 aromatic rings. The lowest BCUT2D eigenvalue weighted by Gasteiger charge is -2.15. The van der Waals surface area contributed by atoms with Gasteiger partial charge < -0.3 is 15.2 Å². The molecule has 1 aliphatic rings. The number of ether oxygens (including phenoxy) is 1. The summed E-state index contributed by atoms with van der Waals surface area (Å²) in [5.74, 6) is -0.893. The number of carbonyl (C=O) groups excluding carboxylic acids is 1. The molecule has 2 aromatic heterocycles.